The van der Waals surface area contributed by atoms with Gasteiger partial charge in [-0.25, -0.2) is 18.1 Å². The largest absolute Gasteiger partial charge is 0.353 e. The topological polar surface area (TPSA) is 64.0 Å². The molecule has 1 N–H and O–H groups in total. The standard InChI is InChI=1S/C10H12ClN3O2S2/c1-7-9(17-10(11)13-7)18(15,16)12-6-8-4-3-5-14(8)2/h3-5,12H,6H2,1-2H3. The summed E-state index contributed by atoms with van der Waals surface area (Å²) in [5, 5.41) is 0. The van der Waals surface area contributed by atoms with Crippen molar-refractivity contribution < 1.29 is 8.42 Å². The van der Waals surface area contributed by atoms with Gasteiger partial charge in [0.1, 0.15) is 0 Å². The van der Waals surface area contributed by atoms with Crippen molar-refractivity contribution in [1.29, 1.82) is 0 Å². The summed E-state index contributed by atoms with van der Waals surface area (Å²) in [6.07, 6.45) is 1.86. The van der Waals surface area contributed by atoms with Crippen LogP contribution >= 0.6 is 22.9 Å². The first kappa shape index (κ1) is 13.5. The molecule has 0 fully saturated rings. The van der Waals surface area contributed by atoms with Crippen LogP contribution in [0.4, 0.5) is 0 Å². The molecule has 0 aromatic carbocycles. The molecule has 0 spiro atoms. The van der Waals surface area contributed by atoms with E-state index in [2.05, 4.69) is 9.71 Å². The monoisotopic (exact) mass is 305 g/mol. The molecule has 0 aliphatic rings. The molecule has 2 aromatic heterocycles. The van der Waals surface area contributed by atoms with Gasteiger partial charge in [-0.3, -0.25) is 0 Å². The zero-order valence-corrected chi connectivity index (χ0v) is 12.2. The number of nitrogens with one attached hydrogen (secondary N) is 1. The van der Waals surface area contributed by atoms with E-state index in [-0.39, 0.29) is 15.2 Å². The molecule has 0 unspecified atom stereocenters. The molecule has 2 heterocycles. The van der Waals surface area contributed by atoms with Crippen molar-refractivity contribution in [3.05, 3.63) is 34.2 Å². The van der Waals surface area contributed by atoms with Gasteiger partial charge in [-0.05, 0) is 19.1 Å². The molecule has 0 aliphatic heterocycles. The predicted molar refractivity (Wildman–Crippen MR) is 71.3 cm³/mol. The second-order valence-electron chi connectivity index (χ2n) is 3.77. The SMILES string of the molecule is Cc1nc(Cl)sc1S(=O)(=O)NCc1cccn1C. The van der Waals surface area contributed by atoms with Gasteiger partial charge >= 0.3 is 0 Å². The number of aryl methyl sites for hydroxylation is 2. The minimum absolute atomic E-state index is 0.168. The lowest BCUT2D eigenvalue weighted by atomic mass is 10.4. The first-order chi connectivity index (χ1) is 8.40. The van der Waals surface area contributed by atoms with E-state index in [0.717, 1.165) is 17.0 Å². The zero-order chi connectivity index (χ0) is 13.3. The van der Waals surface area contributed by atoms with E-state index in [0.29, 0.717) is 5.69 Å². The van der Waals surface area contributed by atoms with Gasteiger partial charge in [0.05, 0.1) is 12.2 Å². The second kappa shape index (κ2) is 5.00. The maximum Gasteiger partial charge on any atom is 0.252 e. The smallest absolute Gasteiger partial charge is 0.252 e. The molecule has 0 bridgehead atoms. The molecule has 2 aromatic rings. The number of hydrogen-bond donors (Lipinski definition) is 1. The Labute approximate surface area is 114 Å². The molecule has 5 nitrogen and oxygen atoms in total. The molecule has 0 radical (unpaired) electrons. The number of thiazole rings is 1. The van der Waals surface area contributed by atoms with Crippen LogP contribution in [0.15, 0.2) is 22.5 Å². The molecule has 18 heavy (non-hydrogen) atoms. The molecule has 0 atom stereocenters. The van der Waals surface area contributed by atoms with Crippen LogP contribution < -0.4 is 4.72 Å². The van der Waals surface area contributed by atoms with Gasteiger partial charge in [0.2, 0.25) is 0 Å². The average molecular weight is 306 g/mol. The highest BCUT2D eigenvalue weighted by Gasteiger charge is 2.21. The fourth-order valence-corrected chi connectivity index (χ4v) is 4.29. The first-order valence-electron chi connectivity index (χ1n) is 5.13. The highest BCUT2D eigenvalue weighted by atomic mass is 35.5. The number of rotatable bonds is 4. The Hall–Kier alpha value is -0.890. The van der Waals surface area contributed by atoms with E-state index < -0.39 is 10.0 Å². The second-order valence-corrected chi connectivity index (χ2v) is 7.32. The molecular weight excluding hydrogens is 294 g/mol. The average Bonchev–Trinajstić information content (AvgIpc) is 2.82. The Balaban J connectivity index is 2.18. The Kier molecular flexibility index (Phi) is 3.76. The lowest BCUT2D eigenvalue weighted by Crippen LogP contribution is -2.24. The van der Waals surface area contributed by atoms with Gasteiger partial charge in [-0.1, -0.05) is 22.9 Å². The minimum atomic E-state index is -3.55. The van der Waals surface area contributed by atoms with Crippen LogP contribution in [0.3, 0.4) is 0 Å². The molecule has 0 saturated heterocycles. The van der Waals surface area contributed by atoms with Crippen LogP contribution in [-0.2, 0) is 23.6 Å². The van der Waals surface area contributed by atoms with E-state index in [1.807, 2.05) is 29.9 Å². The number of sulfonamides is 1. The van der Waals surface area contributed by atoms with E-state index >= 15 is 0 Å². The van der Waals surface area contributed by atoms with Crippen LogP contribution in [0.2, 0.25) is 4.47 Å². The molecule has 8 heteroatoms. The lowest BCUT2D eigenvalue weighted by molar-refractivity contribution is 0.580. The molecular formula is C10H12ClN3O2S2. The Morgan fingerprint density at radius 2 is 2.28 bits per heavy atom. The summed E-state index contributed by atoms with van der Waals surface area (Å²) in [5.41, 5.74) is 1.30. The van der Waals surface area contributed by atoms with Gasteiger partial charge in [0.15, 0.2) is 8.68 Å². The van der Waals surface area contributed by atoms with Crippen LogP contribution in [0.5, 0.6) is 0 Å². The zero-order valence-electron chi connectivity index (χ0n) is 9.84. The summed E-state index contributed by atoms with van der Waals surface area (Å²) in [7, 11) is -1.70. The van der Waals surface area contributed by atoms with Crippen molar-refractivity contribution in [1.82, 2.24) is 14.3 Å². The molecule has 0 aliphatic carbocycles. The Bertz CT molecular complexity index is 660. The van der Waals surface area contributed by atoms with Gasteiger partial charge in [0, 0.05) is 18.9 Å². The maximum absolute atomic E-state index is 12.1. The Morgan fingerprint density at radius 1 is 1.56 bits per heavy atom. The number of hydrogen-bond acceptors (Lipinski definition) is 4. The van der Waals surface area contributed by atoms with E-state index in [1.54, 1.807) is 6.92 Å². The normalized spacial score (nSPS) is 11.9. The third kappa shape index (κ3) is 2.74. The summed E-state index contributed by atoms with van der Waals surface area (Å²) >= 11 is 6.67. The molecule has 0 saturated carbocycles. The summed E-state index contributed by atoms with van der Waals surface area (Å²) in [6, 6.07) is 3.72. The molecule has 0 amide bonds. The number of aromatic nitrogens is 2. The van der Waals surface area contributed by atoms with Crippen LogP contribution in [0.25, 0.3) is 0 Å². The third-order valence-corrected chi connectivity index (χ3v) is 5.74. The molecule has 98 valence electrons. The third-order valence-electron chi connectivity index (χ3n) is 2.47. The van der Waals surface area contributed by atoms with Crippen molar-refractivity contribution in [2.75, 3.05) is 0 Å². The van der Waals surface area contributed by atoms with Gasteiger partial charge < -0.3 is 4.57 Å². The summed E-state index contributed by atoms with van der Waals surface area (Å²) in [4.78, 5) is 3.90. The lowest BCUT2D eigenvalue weighted by Gasteiger charge is -2.06. The van der Waals surface area contributed by atoms with Gasteiger partial charge in [-0.2, -0.15) is 0 Å². The number of halogens is 1. The van der Waals surface area contributed by atoms with Gasteiger partial charge in [-0.15, -0.1) is 0 Å². The summed E-state index contributed by atoms with van der Waals surface area (Å²) < 4.78 is 28.9. The van der Waals surface area contributed by atoms with E-state index in [4.69, 9.17) is 11.6 Å². The van der Waals surface area contributed by atoms with Crippen LogP contribution in [0, 0.1) is 6.92 Å². The van der Waals surface area contributed by atoms with Crippen molar-refractivity contribution in [2.24, 2.45) is 7.05 Å². The highest BCUT2D eigenvalue weighted by Crippen LogP contribution is 2.26. The number of nitrogens with zero attached hydrogens (tertiary/aromatic N) is 2. The van der Waals surface area contributed by atoms with E-state index in [9.17, 15) is 8.42 Å². The predicted octanol–water partition coefficient (Wildman–Crippen LogP) is 1.92. The van der Waals surface area contributed by atoms with Crippen LogP contribution in [-0.4, -0.2) is 18.0 Å². The fourth-order valence-electron chi connectivity index (χ4n) is 1.51. The van der Waals surface area contributed by atoms with Crippen molar-refractivity contribution in [2.45, 2.75) is 17.7 Å². The summed E-state index contributed by atoms with van der Waals surface area (Å²) in [5.74, 6) is 0. The van der Waals surface area contributed by atoms with Crippen molar-refractivity contribution >= 4 is 33.0 Å². The maximum atomic E-state index is 12.1. The fraction of sp³-hybridized carbons (Fsp3) is 0.300. The first-order valence-corrected chi connectivity index (χ1v) is 7.81. The van der Waals surface area contributed by atoms with Crippen molar-refractivity contribution in [3.8, 4) is 0 Å². The quantitative estimate of drug-likeness (QED) is 0.938. The molecule has 2 rings (SSSR count). The minimum Gasteiger partial charge on any atom is -0.353 e. The van der Waals surface area contributed by atoms with Crippen molar-refractivity contribution in [3.63, 3.8) is 0 Å². The van der Waals surface area contributed by atoms with Crippen LogP contribution in [0.1, 0.15) is 11.4 Å². The highest BCUT2D eigenvalue weighted by molar-refractivity contribution is 7.91. The Morgan fingerprint density at radius 3 is 2.78 bits per heavy atom. The van der Waals surface area contributed by atoms with Gasteiger partial charge in [0.25, 0.3) is 10.0 Å². The van der Waals surface area contributed by atoms with E-state index in [1.165, 1.54) is 0 Å². The summed E-state index contributed by atoms with van der Waals surface area (Å²) in [6.45, 7) is 1.86.